The summed E-state index contributed by atoms with van der Waals surface area (Å²) in [4.78, 5) is 36.8. The standard InChI is InChI=1S/C28H31N3O6/c1-18-24(27(32)33)26(21-11-7-12-22(15-21)30(35)36)25(19(2)29-18)28(34)37-23-13-8-14-31(3,17-23)16-20-9-5-4-6-10-20/h4-7,9-12,15,23,26H,8,13-14,16-17H2,1-3H3,(H-,29,32,33,34)/p+1. The van der Waals surface area contributed by atoms with Gasteiger partial charge in [-0.25, -0.2) is 9.59 Å². The summed E-state index contributed by atoms with van der Waals surface area (Å²) in [5, 5.41) is 24.4. The summed E-state index contributed by atoms with van der Waals surface area (Å²) < 4.78 is 6.75. The first-order valence-electron chi connectivity index (χ1n) is 12.3. The molecule has 0 bridgehead atoms. The Kier molecular flexibility index (Phi) is 7.45. The van der Waals surface area contributed by atoms with E-state index in [-0.39, 0.29) is 22.9 Å². The average Bonchev–Trinajstić information content (AvgIpc) is 2.83. The van der Waals surface area contributed by atoms with Crippen molar-refractivity contribution in [1.29, 1.82) is 0 Å². The number of nitro benzene ring substituents is 1. The number of dihydropyridines is 1. The minimum atomic E-state index is -1.20. The van der Waals surface area contributed by atoms with E-state index in [1.165, 1.54) is 23.8 Å². The van der Waals surface area contributed by atoms with Crippen molar-refractivity contribution in [3.63, 3.8) is 0 Å². The van der Waals surface area contributed by atoms with Crippen molar-refractivity contribution in [2.75, 3.05) is 20.1 Å². The minimum absolute atomic E-state index is 0.0358. The number of non-ortho nitro benzene ring substituents is 1. The molecule has 0 aromatic heterocycles. The summed E-state index contributed by atoms with van der Waals surface area (Å²) in [6.45, 7) is 5.74. The number of carboxylic acids is 1. The molecule has 0 radical (unpaired) electrons. The molecule has 0 spiro atoms. The topological polar surface area (TPSA) is 119 Å². The maximum atomic E-state index is 13.6. The fourth-order valence-corrected chi connectivity index (χ4v) is 5.55. The molecule has 37 heavy (non-hydrogen) atoms. The Hall–Kier alpha value is -3.98. The molecule has 3 unspecified atom stereocenters. The molecule has 2 aliphatic rings. The highest BCUT2D eigenvalue weighted by Gasteiger charge is 2.40. The number of aliphatic carboxylic acids is 1. The number of nitrogens with one attached hydrogen (secondary N) is 1. The number of carboxylic acid groups (broad SMARTS) is 1. The highest BCUT2D eigenvalue weighted by Crippen LogP contribution is 2.40. The number of hydrogen-bond acceptors (Lipinski definition) is 6. The second kappa shape index (κ2) is 10.6. The molecule has 2 heterocycles. The number of benzene rings is 2. The number of piperidine rings is 1. The lowest BCUT2D eigenvalue weighted by atomic mass is 9.80. The molecule has 0 aliphatic carbocycles. The van der Waals surface area contributed by atoms with Gasteiger partial charge in [-0.15, -0.1) is 0 Å². The van der Waals surface area contributed by atoms with Crippen LogP contribution in [0, 0.1) is 10.1 Å². The van der Waals surface area contributed by atoms with E-state index in [1.807, 2.05) is 18.2 Å². The summed E-state index contributed by atoms with van der Waals surface area (Å²) in [5.41, 5.74) is 2.36. The fourth-order valence-electron chi connectivity index (χ4n) is 5.55. The number of carbonyl (C=O) groups excluding carboxylic acids is 1. The lowest BCUT2D eigenvalue weighted by Gasteiger charge is -2.41. The third-order valence-electron chi connectivity index (χ3n) is 7.17. The van der Waals surface area contributed by atoms with Gasteiger partial charge in [0, 0.05) is 35.5 Å². The number of ether oxygens (including phenoxy) is 1. The van der Waals surface area contributed by atoms with Crippen LogP contribution in [0.3, 0.4) is 0 Å². The molecule has 2 N–H and O–H groups in total. The molecule has 1 fully saturated rings. The van der Waals surface area contributed by atoms with Gasteiger partial charge in [-0.1, -0.05) is 42.5 Å². The summed E-state index contributed by atoms with van der Waals surface area (Å²) >= 11 is 0. The maximum absolute atomic E-state index is 13.6. The smallest absolute Gasteiger partial charge is 0.337 e. The Morgan fingerprint density at radius 3 is 2.49 bits per heavy atom. The summed E-state index contributed by atoms with van der Waals surface area (Å²) in [6.07, 6.45) is 1.28. The van der Waals surface area contributed by atoms with Gasteiger partial charge in [0.1, 0.15) is 13.1 Å². The highest BCUT2D eigenvalue weighted by atomic mass is 16.6. The van der Waals surface area contributed by atoms with Gasteiger partial charge in [0.15, 0.2) is 6.10 Å². The lowest BCUT2D eigenvalue weighted by Crippen LogP contribution is -2.53. The zero-order chi connectivity index (χ0) is 26.7. The van der Waals surface area contributed by atoms with Crippen LogP contribution in [0.5, 0.6) is 0 Å². The van der Waals surface area contributed by atoms with Gasteiger partial charge >= 0.3 is 11.9 Å². The molecule has 0 amide bonds. The Morgan fingerprint density at radius 2 is 1.81 bits per heavy atom. The van der Waals surface area contributed by atoms with Crippen LogP contribution in [0.25, 0.3) is 0 Å². The zero-order valence-corrected chi connectivity index (χ0v) is 21.3. The van der Waals surface area contributed by atoms with Crippen molar-refractivity contribution < 1.29 is 28.8 Å². The summed E-state index contributed by atoms with van der Waals surface area (Å²) in [6, 6.07) is 15.9. The SMILES string of the molecule is CC1=C(C(=O)O)C(c2cccc([N+](=O)[O-])c2)C(C(=O)OC2CCC[N+](C)(Cc3ccccc3)C2)=C(C)N1. The Morgan fingerprint density at radius 1 is 1.11 bits per heavy atom. The number of nitro groups is 1. The van der Waals surface area contributed by atoms with Crippen molar-refractivity contribution in [2.24, 2.45) is 0 Å². The van der Waals surface area contributed by atoms with Crippen LogP contribution in [0.1, 0.15) is 43.7 Å². The second-order valence-corrected chi connectivity index (χ2v) is 10.1. The number of quaternary nitrogens is 1. The van der Waals surface area contributed by atoms with Gasteiger partial charge in [0.2, 0.25) is 0 Å². The van der Waals surface area contributed by atoms with Crippen LogP contribution < -0.4 is 5.32 Å². The first-order valence-corrected chi connectivity index (χ1v) is 12.3. The lowest BCUT2D eigenvalue weighted by molar-refractivity contribution is -0.929. The molecule has 2 aromatic carbocycles. The minimum Gasteiger partial charge on any atom is -0.478 e. The number of nitrogens with zero attached hydrogens (tertiary/aromatic N) is 2. The Balaban J connectivity index is 1.62. The predicted molar refractivity (Wildman–Crippen MR) is 137 cm³/mol. The van der Waals surface area contributed by atoms with E-state index in [2.05, 4.69) is 24.5 Å². The molecule has 1 saturated heterocycles. The third kappa shape index (κ3) is 5.72. The van der Waals surface area contributed by atoms with Crippen LogP contribution >= 0.6 is 0 Å². The van der Waals surface area contributed by atoms with Crippen molar-refractivity contribution in [3.8, 4) is 0 Å². The molecule has 0 saturated carbocycles. The quantitative estimate of drug-likeness (QED) is 0.249. The zero-order valence-electron chi connectivity index (χ0n) is 21.3. The molecule has 9 heteroatoms. The molecular formula is C28H32N3O6+. The van der Waals surface area contributed by atoms with E-state index in [4.69, 9.17) is 4.74 Å². The molecular weight excluding hydrogens is 474 g/mol. The normalized spacial score (nSPS) is 23.9. The van der Waals surface area contributed by atoms with Gasteiger partial charge in [0.25, 0.3) is 5.69 Å². The van der Waals surface area contributed by atoms with Crippen LogP contribution in [0.15, 0.2) is 77.1 Å². The van der Waals surface area contributed by atoms with Crippen molar-refractivity contribution in [3.05, 3.63) is 98.4 Å². The van der Waals surface area contributed by atoms with Crippen molar-refractivity contribution in [2.45, 2.75) is 45.3 Å². The van der Waals surface area contributed by atoms with Gasteiger partial charge in [-0.05, 0) is 25.8 Å². The van der Waals surface area contributed by atoms with Crippen molar-refractivity contribution in [1.82, 2.24) is 5.32 Å². The first-order chi connectivity index (χ1) is 17.6. The molecule has 2 aliphatic heterocycles. The largest absolute Gasteiger partial charge is 0.478 e. The van der Waals surface area contributed by atoms with E-state index in [0.717, 1.165) is 30.4 Å². The number of rotatable bonds is 7. The highest BCUT2D eigenvalue weighted by molar-refractivity contribution is 5.99. The fraction of sp³-hybridized carbons (Fsp3) is 0.357. The molecule has 2 aromatic rings. The number of esters is 1. The first kappa shape index (κ1) is 26.1. The number of carbonyl (C=O) groups is 2. The van der Waals surface area contributed by atoms with E-state index in [0.29, 0.717) is 23.5 Å². The molecule has 194 valence electrons. The number of likely N-dealkylation sites (tertiary alicyclic amines) is 1. The van der Waals surface area contributed by atoms with Gasteiger partial charge in [0.05, 0.1) is 35.6 Å². The second-order valence-electron chi connectivity index (χ2n) is 10.1. The monoisotopic (exact) mass is 506 g/mol. The molecule has 4 rings (SSSR count). The van der Waals surface area contributed by atoms with Crippen LogP contribution in [-0.4, -0.2) is 52.7 Å². The number of allylic oxidation sites excluding steroid dienone is 2. The Labute approximate surface area is 215 Å². The van der Waals surface area contributed by atoms with E-state index in [1.54, 1.807) is 19.9 Å². The maximum Gasteiger partial charge on any atom is 0.337 e. The number of hydrogen-bond donors (Lipinski definition) is 2. The van der Waals surface area contributed by atoms with Crippen LogP contribution in [0.4, 0.5) is 5.69 Å². The van der Waals surface area contributed by atoms with E-state index < -0.39 is 22.8 Å². The summed E-state index contributed by atoms with van der Waals surface area (Å²) in [5.74, 6) is -2.81. The average molecular weight is 507 g/mol. The predicted octanol–water partition coefficient (Wildman–Crippen LogP) is 4.27. The van der Waals surface area contributed by atoms with Gasteiger partial charge in [-0.2, -0.15) is 0 Å². The third-order valence-corrected chi connectivity index (χ3v) is 7.17. The molecule has 3 atom stereocenters. The Bertz CT molecular complexity index is 1290. The van der Waals surface area contributed by atoms with Crippen molar-refractivity contribution >= 4 is 17.6 Å². The number of likely N-dealkylation sites (N-methyl/N-ethyl adjacent to an activating group) is 1. The van der Waals surface area contributed by atoms with Gasteiger partial charge in [-0.3, -0.25) is 10.1 Å². The van der Waals surface area contributed by atoms with E-state index in [9.17, 15) is 24.8 Å². The van der Waals surface area contributed by atoms with E-state index >= 15 is 0 Å². The van der Waals surface area contributed by atoms with Gasteiger partial charge < -0.3 is 19.6 Å². The van der Waals surface area contributed by atoms with Crippen LogP contribution in [0.2, 0.25) is 0 Å². The summed E-state index contributed by atoms with van der Waals surface area (Å²) in [7, 11) is 2.15. The van der Waals surface area contributed by atoms with Crippen LogP contribution in [-0.2, 0) is 20.9 Å². The molecule has 9 nitrogen and oxygen atoms in total.